The van der Waals surface area contributed by atoms with Crippen molar-refractivity contribution in [3.05, 3.63) is 52.8 Å². The van der Waals surface area contributed by atoms with Gasteiger partial charge in [0.25, 0.3) is 0 Å². The van der Waals surface area contributed by atoms with Crippen LogP contribution in [0.5, 0.6) is 0 Å². The van der Waals surface area contributed by atoms with E-state index in [4.69, 9.17) is 0 Å². The Balaban J connectivity index is 2.14. The quantitative estimate of drug-likeness (QED) is 0.869. The Kier molecular flexibility index (Phi) is 4.25. The van der Waals surface area contributed by atoms with Gasteiger partial charge < -0.3 is 5.32 Å². The van der Waals surface area contributed by atoms with Gasteiger partial charge in [-0.25, -0.2) is 9.37 Å². The first-order valence-corrected chi connectivity index (χ1v) is 6.48. The number of nitrogens with one attached hydrogen (secondary N) is 1. The fraction of sp³-hybridized carbons (Fsp3) is 0.231. The summed E-state index contributed by atoms with van der Waals surface area (Å²) in [6, 6.07) is 6.97. The molecule has 0 radical (unpaired) electrons. The zero-order valence-corrected chi connectivity index (χ0v) is 11.5. The van der Waals surface area contributed by atoms with Crippen molar-refractivity contribution in [2.24, 2.45) is 0 Å². The summed E-state index contributed by atoms with van der Waals surface area (Å²) in [4.78, 5) is 8.24. The molecule has 0 aliphatic rings. The van der Waals surface area contributed by atoms with E-state index in [1.165, 1.54) is 12.3 Å². The van der Waals surface area contributed by atoms with E-state index in [2.05, 4.69) is 38.1 Å². The molecule has 0 spiro atoms. The molecule has 1 unspecified atom stereocenters. The van der Waals surface area contributed by atoms with Crippen LogP contribution in [0.2, 0.25) is 0 Å². The maximum Gasteiger partial charge on any atom is 0.141 e. The summed E-state index contributed by atoms with van der Waals surface area (Å²) in [5.41, 5.74) is 1.73. The molecule has 0 saturated heterocycles. The number of hydrogen-bond donors (Lipinski definition) is 1. The Labute approximate surface area is 114 Å². The number of anilines is 1. The van der Waals surface area contributed by atoms with Crippen LogP contribution in [-0.2, 0) is 0 Å². The predicted octanol–water partition coefficient (Wildman–Crippen LogP) is 3.94. The van der Waals surface area contributed by atoms with Crippen molar-refractivity contribution in [2.45, 2.75) is 19.4 Å². The highest BCUT2D eigenvalue weighted by Gasteiger charge is 2.10. The van der Waals surface area contributed by atoms with E-state index in [1.807, 2.05) is 12.1 Å². The van der Waals surface area contributed by atoms with Crippen molar-refractivity contribution >= 4 is 21.6 Å². The fourth-order valence-electron chi connectivity index (χ4n) is 1.64. The number of pyridine rings is 2. The van der Waals surface area contributed by atoms with E-state index in [-0.39, 0.29) is 11.9 Å². The summed E-state index contributed by atoms with van der Waals surface area (Å²) in [5, 5.41) is 3.32. The smallest absolute Gasteiger partial charge is 0.141 e. The van der Waals surface area contributed by atoms with Crippen LogP contribution in [0.3, 0.4) is 0 Å². The van der Waals surface area contributed by atoms with E-state index in [9.17, 15) is 4.39 Å². The Morgan fingerprint density at radius 3 is 2.61 bits per heavy atom. The Morgan fingerprint density at radius 1 is 1.22 bits per heavy atom. The van der Waals surface area contributed by atoms with Gasteiger partial charge in [-0.05, 0) is 46.6 Å². The van der Waals surface area contributed by atoms with Crippen LogP contribution in [-0.4, -0.2) is 9.97 Å². The molecule has 0 amide bonds. The minimum absolute atomic E-state index is 0.0496. The van der Waals surface area contributed by atoms with Gasteiger partial charge in [-0.15, -0.1) is 0 Å². The molecule has 0 bridgehead atoms. The molecule has 2 rings (SSSR count). The van der Waals surface area contributed by atoms with E-state index in [0.717, 1.165) is 22.4 Å². The third-order valence-electron chi connectivity index (χ3n) is 2.58. The highest BCUT2D eigenvalue weighted by molar-refractivity contribution is 9.10. The number of halogens is 2. The highest BCUT2D eigenvalue weighted by atomic mass is 79.9. The van der Waals surface area contributed by atoms with Gasteiger partial charge in [0.2, 0.25) is 0 Å². The van der Waals surface area contributed by atoms with E-state index >= 15 is 0 Å². The second-order valence-electron chi connectivity index (χ2n) is 3.88. The standard InChI is InChI=1S/C13H13BrFN3/c1-2-11(12-5-3-9(15)7-16-12)18-10-4-6-13(14)17-8-10/h3-8,11,18H,2H2,1H3. The molecule has 18 heavy (non-hydrogen) atoms. The first kappa shape index (κ1) is 13.0. The molecule has 1 N–H and O–H groups in total. The van der Waals surface area contributed by atoms with Gasteiger partial charge in [-0.1, -0.05) is 6.92 Å². The largest absolute Gasteiger partial charge is 0.375 e. The van der Waals surface area contributed by atoms with Crippen LogP contribution in [0.25, 0.3) is 0 Å². The van der Waals surface area contributed by atoms with Crippen LogP contribution in [0.1, 0.15) is 25.1 Å². The molecule has 2 aromatic rings. The van der Waals surface area contributed by atoms with Crippen LogP contribution >= 0.6 is 15.9 Å². The van der Waals surface area contributed by atoms with E-state index < -0.39 is 0 Å². The maximum absolute atomic E-state index is 12.8. The average Bonchev–Trinajstić information content (AvgIpc) is 2.39. The van der Waals surface area contributed by atoms with E-state index in [0.29, 0.717) is 0 Å². The SMILES string of the molecule is CCC(Nc1ccc(Br)nc1)c1ccc(F)cn1. The molecule has 2 heterocycles. The van der Waals surface area contributed by atoms with Crippen molar-refractivity contribution in [3.63, 3.8) is 0 Å². The average molecular weight is 310 g/mol. The Hall–Kier alpha value is -1.49. The molecule has 0 aromatic carbocycles. The van der Waals surface area contributed by atoms with Gasteiger partial charge in [0.1, 0.15) is 10.4 Å². The molecule has 2 aromatic heterocycles. The van der Waals surface area contributed by atoms with Gasteiger partial charge in [-0.2, -0.15) is 0 Å². The summed E-state index contributed by atoms with van der Waals surface area (Å²) < 4.78 is 13.6. The minimum Gasteiger partial charge on any atom is -0.375 e. The summed E-state index contributed by atoms with van der Waals surface area (Å²) in [6.07, 6.45) is 3.84. The number of hydrogen-bond acceptors (Lipinski definition) is 3. The first-order chi connectivity index (χ1) is 8.69. The topological polar surface area (TPSA) is 37.8 Å². The van der Waals surface area contributed by atoms with Crippen molar-refractivity contribution in [1.29, 1.82) is 0 Å². The number of nitrogens with zero attached hydrogens (tertiary/aromatic N) is 2. The van der Waals surface area contributed by atoms with Crippen molar-refractivity contribution in [1.82, 2.24) is 9.97 Å². The molecule has 0 aliphatic carbocycles. The molecule has 94 valence electrons. The molecule has 5 heteroatoms. The number of rotatable bonds is 4. The summed E-state index contributed by atoms with van der Waals surface area (Å²) in [7, 11) is 0. The second kappa shape index (κ2) is 5.91. The normalized spacial score (nSPS) is 12.2. The maximum atomic E-state index is 12.8. The molecule has 1 atom stereocenters. The molecule has 0 aliphatic heterocycles. The van der Waals surface area contributed by atoms with Crippen LogP contribution < -0.4 is 5.32 Å². The lowest BCUT2D eigenvalue weighted by Crippen LogP contribution is -2.11. The van der Waals surface area contributed by atoms with E-state index in [1.54, 1.807) is 12.3 Å². The zero-order valence-electron chi connectivity index (χ0n) is 9.90. The molecular formula is C13H13BrFN3. The Morgan fingerprint density at radius 2 is 2.06 bits per heavy atom. The lowest BCUT2D eigenvalue weighted by molar-refractivity contribution is 0.614. The van der Waals surface area contributed by atoms with Gasteiger partial charge in [0.05, 0.1) is 29.8 Å². The fourth-order valence-corrected chi connectivity index (χ4v) is 1.88. The summed E-state index contributed by atoms with van der Waals surface area (Å²) >= 11 is 3.29. The van der Waals surface area contributed by atoms with Crippen molar-refractivity contribution in [2.75, 3.05) is 5.32 Å². The predicted molar refractivity (Wildman–Crippen MR) is 72.8 cm³/mol. The van der Waals surface area contributed by atoms with Gasteiger partial charge >= 0.3 is 0 Å². The second-order valence-corrected chi connectivity index (χ2v) is 4.69. The van der Waals surface area contributed by atoms with Crippen LogP contribution in [0.4, 0.5) is 10.1 Å². The van der Waals surface area contributed by atoms with Crippen LogP contribution in [0, 0.1) is 5.82 Å². The lowest BCUT2D eigenvalue weighted by Gasteiger charge is -2.17. The van der Waals surface area contributed by atoms with Gasteiger partial charge in [0.15, 0.2) is 0 Å². The molecule has 3 nitrogen and oxygen atoms in total. The molecule has 0 fully saturated rings. The van der Waals surface area contributed by atoms with Crippen LogP contribution in [0.15, 0.2) is 41.3 Å². The van der Waals surface area contributed by atoms with Crippen molar-refractivity contribution < 1.29 is 4.39 Å². The third kappa shape index (κ3) is 3.26. The molecular weight excluding hydrogens is 297 g/mol. The first-order valence-electron chi connectivity index (χ1n) is 5.68. The Bertz CT molecular complexity index is 499. The van der Waals surface area contributed by atoms with Crippen molar-refractivity contribution in [3.8, 4) is 0 Å². The van der Waals surface area contributed by atoms with Gasteiger partial charge in [0, 0.05) is 0 Å². The third-order valence-corrected chi connectivity index (χ3v) is 3.05. The highest BCUT2D eigenvalue weighted by Crippen LogP contribution is 2.21. The van der Waals surface area contributed by atoms with Gasteiger partial charge in [-0.3, -0.25) is 4.98 Å². The monoisotopic (exact) mass is 309 g/mol. The minimum atomic E-state index is -0.320. The summed E-state index contributed by atoms with van der Waals surface area (Å²) in [5.74, 6) is -0.320. The lowest BCUT2D eigenvalue weighted by atomic mass is 10.1. The molecule has 0 saturated carbocycles. The number of aromatic nitrogens is 2. The summed E-state index contributed by atoms with van der Waals surface area (Å²) in [6.45, 7) is 2.05. The zero-order chi connectivity index (χ0) is 13.0.